The molecule has 6 nitrogen and oxygen atoms in total. The minimum Gasteiger partial charge on any atom is -0.462 e. The highest BCUT2D eigenvalue weighted by atomic mass is 16.6. The lowest BCUT2D eigenvalue weighted by atomic mass is 10.1. The van der Waals surface area contributed by atoms with Gasteiger partial charge in [-0.3, -0.25) is 14.4 Å². The van der Waals surface area contributed by atoms with Gasteiger partial charge < -0.3 is 14.2 Å². The number of esters is 3. The van der Waals surface area contributed by atoms with Gasteiger partial charge in [0.1, 0.15) is 13.2 Å². The monoisotopic (exact) mass is 915 g/mol. The second-order valence-corrected chi connectivity index (χ2v) is 17.4. The molecule has 0 saturated heterocycles. The molecule has 0 aliphatic carbocycles. The highest BCUT2D eigenvalue weighted by molar-refractivity contribution is 5.71. The van der Waals surface area contributed by atoms with E-state index in [9.17, 15) is 14.4 Å². The third-order valence-electron chi connectivity index (χ3n) is 11.0. The van der Waals surface area contributed by atoms with E-state index in [0.717, 1.165) is 122 Å². The Hall–Kier alpha value is -3.93. The van der Waals surface area contributed by atoms with Crippen LogP contribution in [0.25, 0.3) is 0 Å². The maximum absolute atomic E-state index is 12.7. The fourth-order valence-electron chi connectivity index (χ4n) is 7.02. The van der Waals surface area contributed by atoms with Gasteiger partial charge in [0.2, 0.25) is 0 Å². The Labute approximate surface area is 406 Å². The Bertz CT molecular complexity index is 1370. The minimum absolute atomic E-state index is 0.0881. The van der Waals surface area contributed by atoms with E-state index >= 15 is 0 Å². The largest absolute Gasteiger partial charge is 0.462 e. The highest BCUT2D eigenvalue weighted by Crippen LogP contribution is 2.14. The van der Waals surface area contributed by atoms with Crippen molar-refractivity contribution >= 4 is 17.9 Å². The summed E-state index contributed by atoms with van der Waals surface area (Å²) in [4.78, 5) is 37.7. The van der Waals surface area contributed by atoms with Crippen LogP contribution in [-0.2, 0) is 28.6 Å². The van der Waals surface area contributed by atoms with Crippen LogP contribution >= 0.6 is 0 Å². The summed E-state index contributed by atoms with van der Waals surface area (Å²) in [5.41, 5.74) is 0. The van der Waals surface area contributed by atoms with Crippen LogP contribution in [0.5, 0.6) is 0 Å². The minimum atomic E-state index is -0.786. The number of ether oxygens (including phenoxy) is 3. The summed E-state index contributed by atoms with van der Waals surface area (Å²) in [6.45, 7) is 6.41. The number of carbonyl (C=O) groups excluding carboxylic acids is 3. The number of unbranched alkanes of at least 4 members (excludes halogenated alkanes) is 18. The van der Waals surface area contributed by atoms with Gasteiger partial charge in [0.25, 0.3) is 0 Å². The van der Waals surface area contributed by atoms with E-state index in [1.54, 1.807) is 0 Å². The summed E-state index contributed by atoms with van der Waals surface area (Å²) in [6.07, 6.45) is 72.6. The molecule has 0 aromatic rings. The zero-order chi connectivity index (χ0) is 47.9. The van der Waals surface area contributed by atoms with Gasteiger partial charge >= 0.3 is 17.9 Å². The number of hydrogen-bond acceptors (Lipinski definition) is 6. The Balaban J connectivity index is 4.18. The van der Waals surface area contributed by atoms with Gasteiger partial charge in [0.15, 0.2) is 6.10 Å². The van der Waals surface area contributed by atoms with E-state index in [4.69, 9.17) is 14.2 Å². The molecule has 0 aromatic carbocycles. The van der Waals surface area contributed by atoms with Gasteiger partial charge in [0, 0.05) is 19.3 Å². The predicted molar refractivity (Wildman–Crippen MR) is 283 cm³/mol. The van der Waals surface area contributed by atoms with Crippen molar-refractivity contribution in [3.63, 3.8) is 0 Å². The lowest BCUT2D eigenvalue weighted by Crippen LogP contribution is -2.30. The van der Waals surface area contributed by atoms with Crippen LogP contribution < -0.4 is 0 Å². The normalized spacial score (nSPS) is 13.0. The maximum Gasteiger partial charge on any atom is 0.306 e. The van der Waals surface area contributed by atoms with E-state index in [1.165, 1.54) is 70.6 Å². The summed E-state index contributed by atoms with van der Waals surface area (Å²) in [5, 5.41) is 0. The summed E-state index contributed by atoms with van der Waals surface area (Å²) in [5.74, 6) is -0.937. The summed E-state index contributed by atoms with van der Waals surface area (Å²) >= 11 is 0. The quantitative estimate of drug-likeness (QED) is 0.0262. The molecular weight excluding hydrogens is 817 g/mol. The smallest absolute Gasteiger partial charge is 0.306 e. The number of rotatable bonds is 47. The van der Waals surface area contributed by atoms with E-state index in [1.807, 2.05) is 0 Å². The molecule has 0 spiro atoms. The number of allylic oxidation sites excluding steroid dienone is 18. The van der Waals surface area contributed by atoms with Crippen molar-refractivity contribution in [2.75, 3.05) is 13.2 Å². The van der Waals surface area contributed by atoms with Crippen molar-refractivity contribution in [1.82, 2.24) is 0 Å². The Morgan fingerprint density at radius 1 is 0.318 bits per heavy atom. The van der Waals surface area contributed by atoms with E-state index in [2.05, 4.69) is 130 Å². The van der Waals surface area contributed by atoms with Crippen LogP contribution in [0.1, 0.15) is 233 Å². The van der Waals surface area contributed by atoms with Gasteiger partial charge in [-0.25, -0.2) is 0 Å². The average Bonchev–Trinajstić information content (AvgIpc) is 3.31. The first kappa shape index (κ1) is 62.1. The van der Waals surface area contributed by atoms with Crippen molar-refractivity contribution in [2.24, 2.45) is 0 Å². The third kappa shape index (κ3) is 51.1. The molecule has 0 bridgehead atoms. The van der Waals surface area contributed by atoms with Gasteiger partial charge in [-0.1, -0.05) is 233 Å². The molecule has 0 saturated carbocycles. The Kier molecular flexibility index (Phi) is 50.5. The van der Waals surface area contributed by atoms with Crippen LogP contribution in [0.4, 0.5) is 0 Å². The summed E-state index contributed by atoms with van der Waals surface area (Å²) < 4.78 is 16.6. The second kappa shape index (κ2) is 53.7. The van der Waals surface area contributed by atoms with Crippen LogP contribution in [-0.4, -0.2) is 37.2 Å². The molecule has 0 aliphatic rings. The van der Waals surface area contributed by atoms with Crippen LogP contribution in [0.3, 0.4) is 0 Å². The first-order chi connectivity index (χ1) is 32.5. The molecule has 1 atom stereocenters. The Morgan fingerprint density at radius 2 is 0.591 bits per heavy atom. The molecule has 1 unspecified atom stereocenters. The highest BCUT2D eigenvalue weighted by Gasteiger charge is 2.19. The van der Waals surface area contributed by atoms with Crippen molar-refractivity contribution in [3.8, 4) is 0 Å². The zero-order valence-electron chi connectivity index (χ0n) is 42.7. The van der Waals surface area contributed by atoms with Gasteiger partial charge in [-0.05, 0) is 89.9 Å². The average molecular weight is 915 g/mol. The summed E-state index contributed by atoms with van der Waals surface area (Å²) in [7, 11) is 0. The number of hydrogen-bond donors (Lipinski definition) is 0. The van der Waals surface area contributed by atoms with Crippen molar-refractivity contribution < 1.29 is 28.6 Å². The molecule has 6 heteroatoms. The van der Waals surface area contributed by atoms with Crippen LogP contribution in [0.15, 0.2) is 109 Å². The molecule has 0 aliphatic heterocycles. The predicted octanol–water partition coefficient (Wildman–Crippen LogP) is 17.9. The van der Waals surface area contributed by atoms with Crippen LogP contribution in [0, 0.1) is 0 Å². The maximum atomic E-state index is 12.7. The lowest BCUT2D eigenvalue weighted by molar-refractivity contribution is -0.167. The molecule has 0 amide bonds. The molecule has 0 rings (SSSR count). The van der Waals surface area contributed by atoms with Gasteiger partial charge in [-0.15, -0.1) is 0 Å². The fourth-order valence-corrected chi connectivity index (χ4v) is 7.02. The standard InChI is InChI=1S/C60H98O6/c1-4-7-10-13-16-18-20-21-22-23-24-25-26-27-28-29-30-31-32-33-34-35-36-37-38-39-41-42-44-47-50-53-59(62)65-56-57(55-64-58(61)52-49-46-15-12-9-6-3)66-60(63)54-51-48-45-43-40-19-17-14-11-8-5-2/h7,10,16,18,21-22,24-25,27-28,30-31,33-34,36-37,39,41,57H,4-6,8-9,11-15,17,19-20,23,26,29,32,35,38,40,42-56H2,1-3H3/b10-7-,18-16-,22-21-,25-24-,28-27-,31-30-,34-33-,37-36-,41-39-. The third-order valence-corrected chi connectivity index (χ3v) is 11.0. The molecule has 0 aromatic heterocycles. The molecular formula is C60H98O6. The van der Waals surface area contributed by atoms with Crippen LogP contribution in [0.2, 0.25) is 0 Å². The second-order valence-electron chi connectivity index (χ2n) is 17.4. The van der Waals surface area contributed by atoms with E-state index in [0.29, 0.717) is 19.3 Å². The van der Waals surface area contributed by atoms with Crippen molar-refractivity contribution in [3.05, 3.63) is 109 Å². The van der Waals surface area contributed by atoms with E-state index in [-0.39, 0.29) is 31.1 Å². The van der Waals surface area contributed by atoms with Crippen molar-refractivity contribution in [1.29, 1.82) is 0 Å². The number of carbonyl (C=O) groups is 3. The molecule has 374 valence electrons. The fraction of sp³-hybridized carbons (Fsp3) is 0.650. The molecule has 66 heavy (non-hydrogen) atoms. The molecule has 0 fully saturated rings. The molecule has 0 heterocycles. The van der Waals surface area contributed by atoms with E-state index < -0.39 is 6.10 Å². The first-order valence-corrected chi connectivity index (χ1v) is 26.9. The SMILES string of the molecule is CC/C=C\C/C=C\C/C=C\C/C=C\C/C=C\C/C=C\C/C=C\C/C=C\C/C=C\CCCCCC(=O)OCC(COC(=O)CCCCCCCC)OC(=O)CCCCCCCCCCCCC. The zero-order valence-corrected chi connectivity index (χ0v) is 42.7. The topological polar surface area (TPSA) is 78.9 Å². The Morgan fingerprint density at radius 3 is 0.924 bits per heavy atom. The lowest BCUT2D eigenvalue weighted by Gasteiger charge is -2.18. The first-order valence-electron chi connectivity index (χ1n) is 26.9. The van der Waals surface area contributed by atoms with Gasteiger partial charge in [-0.2, -0.15) is 0 Å². The molecule has 0 N–H and O–H groups in total. The molecule has 0 radical (unpaired) electrons. The summed E-state index contributed by atoms with van der Waals surface area (Å²) in [6, 6.07) is 0. The van der Waals surface area contributed by atoms with Crippen molar-refractivity contribution in [2.45, 2.75) is 239 Å². The van der Waals surface area contributed by atoms with Gasteiger partial charge in [0.05, 0.1) is 0 Å².